The van der Waals surface area contributed by atoms with Gasteiger partial charge in [0.15, 0.2) is 5.96 Å². The second-order valence-electron chi connectivity index (χ2n) is 8.73. The molecular formula is C25H46IN5O. The van der Waals surface area contributed by atoms with Crippen molar-refractivity contribution in [2.75, 3.05) is 39.3 Å². The van der Waals surface area contributed by atoms with E-state index in [1.807, 2.05) is 0 Å². The Balaban J connectivity index is 0.00000512. The number of aliphatic hydroxyl groups is 1. The minimum absolute atomic E-state index is 0. The van der Waals surface area contributed by atoms with E-state index in [0.29, 0.717) is 12.6 Å². The summed E-state index contributed by atoms with van der Waals surface area (Å²) in [6.45, 7) is 16.7. The summed E-state index contributed by atoms with van der Waals surface area (Å²) in [4.78, 5) is 9.70. The van der Waals surface area contributed by atoms with Gasteiger partial charge in [0.25, 0.3) is 0 Å². The third-order valence-electron chi connectivity index (χ3n) is 6.14. The number of nitrogens with one attached hydrogen (secondary N) is 2. The standard InChI is InChI=1S/C25H45N5O.HI/c1-5-26-25(28-21(4)9-8-16-29(6-2)7-3)27-19-22-10-12-23(13-11-22)20-30-17-14-24(31)15-18-30;/h10-13,21,24,31H,5-9,14-20H2,1-4H3,(H2,26,27,28);1H. The lowest BCUT2D eigenvalue weighted by Gasteiger charge is -2.29. The Hall–Kier alpha value is -0.900. The lowest BCUT2D eigenvalue weighted by molar-refractivity contribution is 0.0792. The van der Waals surface area contributed by atoms with Crippen LogP contribution in [0.25, 0.3) is 0 Å². The van der Waals surface area contributed by atoms with Crippen molar-refractivity contribution < 1.29 is 5.11 Å². The van der Waals surface area contributed by atoms with Crippen LogP contribution >= 0.6 is 24.0 Å². The molecule has 3 N–H and O–H groups in total. The highest BCUT2D eigenvalue weighted by Gasteiger charge is 2.16. The molecule has 1 aliphatic rings. The number of aliphatic hydroxyl groups excluding tert-OH is 1. The van der Waals surface area contributed by atoms with Gasteiger partial charge in [-0.3, -0.25) is 4.90 Å². The van der Waals surface area contributed by atoms with Gasteiger partial charge in [-0.25, -0.2) is 4.99 Å². The topological polar surface area (TPSA) is 63.1 Å². The maximum atomic E-state index is 9.66. The van der Waals surface area contributed by atoms with Crippen LogP contribution in [-0.4, -0.2) is 72.3 Å². The smallest absolute Gasteiger partial charge is 0.191 e. The van der Waals surface area contributed by atoms with Crippen molar-refractivity contribution in [1.82, 2.24) is 20.4 Å². The third kappa shape index (κ3) is 11.3. The molecule has 0 spiro atoms. The zero-order valence-corrected chi connectivity index (χ0v) is 23.0. The number of hydrogen-bond acceptors (Lipinski definition) is 4. The molecule has 1 unspecified atom stereocenters. The second kappa shape index (κ2) is 16.7. The molecule has 0 saturated carbocycles. The lowest BCUT2D eigenvalue weighted by atomic mass is 10.1. The first-order chi connectivity index (χ1) is 15.0. The number of halogens is 1. The van der Waals surface area contributed by atoms with Gasteiger partial charge >= 0.3 is 0 Å². The van der Waals surface area contributed by atoms with Crippen molar-refractivity contribution in [3.8, 4) is 0 Å². The number of benzene rings is 1. The van der Waals surface area contributed by atoms with E-state index in [-0.39, 0.29) is 30.1 Å². The quantitative estimate of drug-likeness (QED) is 0.207. The Bertz CT molecular complexity index is 628. The van der Waals surface area contributed by atoms with Gasteiger partial charge in [0, 0.05) is 32.2 Å². The summed E-state index contributed by atoms with van der Waals surface area (Å²) < 4.78 is 0. The highest BCUT2D eigenvalue weighted by atomic mass is 127. The molecule has 1 aromatic rings. The molecule has 0 aliphatic carbocycles. The fourth-order valence-electron chi connectivity index (χ4n) is 4.04. The highest BCUT2D eigenvalue weighted by Crippen LogP contribution is 2.14. The van der Waals surface area contributed by atoms with Gasteiger partial charge in [0.1, 0.15) is 0 Å². The zero-order chi connectivity index (χ0) is 22.5. The summed E-state index contributed by atoms with van der Waals surface area (Å²) in [6, 6.07) is 9.21. The zero-order valence-electron chi connectivity index (χ0n) is 20.6. The van der Waals surface area contributed by atoms with E-state index in [1.165, 1.54) is 17.5 Å². The fraction of sp³-hybridized carbons (Fsp3) is 0.720. The molecule has 7 heteroatoms. The molecule has 1 aliphatic heterocycles. The Morgan fingerprint density at radius 1 is 1.12 bits per heavy atom. The molecule has 32 heavy (non-hydrogen) atoms. The predicted octanol–water partition coefficient (Wildman–Crippen LogP) is 3.83. The lowest BCUT2D eigenvalue weighted by Crippen LogP contribution is -2.42. The van der Waals surface area contributed by atoms with Gasteiger partial charge in [-0.1, -0.05) is 38.1 Å². The summed E-state index contributed by atoms with van der Waals surface area (Å²) in [5.74, 6) is 0.897. The average Bonchev–Trinajstić information content (AvgIpc) is 2.78. The molecule has 6 nitrogen and oxygen atoms in total. The maximum absolute atomic E-state index is 9.66. The number of aliphatic imine (C=N–C) groups is 1. The maximum Gasteiger partial charge on any atom is 0.191 e. The Morgan fingerprint density at radius 2 is 1.75 bits per heavy atom. The van der Waals surface area contributed by atoms with E-state index >= 15 is 0 Å². The van der Waals surface area contributed by atoms with Crippen molar-refractivity contribution in [1.29, 1.82) is 0 Å². The molecule has 2 rings (SSSR count). The molecule has 0 amide bonds. The highest BCUT2D eigenvalue weighted by molar-refractivity contribution is 14.0. The van der Waals surface area contributed by atoms with Crippen LogP contribution in [0.1, 0.15) is 64.5 Å². The van der Waals surface area contributed by atoms with Gasteiger partial charge in [0.2, 0.25) is 0 Å². The monoisotopic (exact) mass is 559 g/mol. The molecule has 1 atom stereocenters. The summed E-state index contributed by atoms with van der Waals surface area (Å²) in [6.07, 6.45) is 4.01. The number of rotatable bonds is 12. The molecular weight excluding hydrogens is 513 g/mol. The van der Waals surface area contributed by atoms with Crippen LogP contribution in [0.5, 0.6) is 0 Å². The van der Waals surface area contributed by atoms with Crippen molar-refractivity contribution >= 4 is 29.9 Å². The van der Waals surface area contributed by atoms with Gasteiger partial charge in [-0.2, -0.15) is 0 Å². The first-order valence-electron chi connectivity index (χ1n) is 12.3. The molecule has 184 valence electrons. The number of likely N-dealkylation sites (tertiary alicyclic amines) is 1. The predicted molar refractivity (Wildman–Crippen MR) is 147 cm³/mol. The summed E-state index contributed by atoms with van der Waals surface area (Å²) in [5, 5.41) is 16.6. The van der Waals surface area contributed by atoms with Crippen LogP contribution in [0.15, 0.2) is 29.3 Å². The second-order valence-corrected chi connectivity index (χ2v) is 8.73. The third-order valence-corrected chi connectivity index (χ3v) is 6.14. The molecule has 1 fully saturated rings. The summed E-state index contributed by atoms with van der Waals surface area (Å²) in [7, 11) is 0. The first-order valence-corrected chi connectivity index (χ1v) is 12.3. The minimum Gasteiger partial charge on any atom is -0.393 e. The molecule has 1 aromatic carbocycles. The van der Waals surface area contributed by atoms with Gasteiger partial charge in [-0.15, -0.1) is 24.0 Å². The fourth-order valence-corrected chi connectivity index (χ4v) is 4.04. The molecule has 1 heterocycles. The number of guanidine groups is 1. The van der Waals surface area contributed by atoms with Crippen LogP contribution in [0, 0.1) is 0 Å². The van der Waals surface area contributed by atoms with Crippen LogP contribution in [0.2, 0.25) is 0 Å². The van der Waals surface area contributed by atoms with Crippen LogP contribution in [-0.2, 0) is 13.1 Å². The largest absolute Gasteiger partial charge is 0.393 e. The van der Waals surface area contributed by atoms with Crippen molar-refractivity contribution in [3.05, 3.63) is 35.4 Å². The number of nitrogens with zero attached hydrogens (tertiary/aromatic N) is 3. The summed E-state index contributed by atoms with van der Waals surface area (Å²) >= 11 is 0. The SMILES string of the molecule is CCNC(=NCc1ccc(CN2CCC(O)CC2)cc1)NC(C)CCCN(CC)CC.I. The molecule has 0 bridgehead atoms. The van der Waals surface area contributed by atoms with Gasteiger partial charge in [0.05, 0.1) is 12.6 Å². The van der Waals surface area contributed by atoms with E-state index < -0.39 is 0 Å². The van der Waals surface area contributed by atoms with E-state index in [2.05, 4.69) is 72.4 Å². The Kier molecular flexibility index (Phi) is 15.2. The van der Waals surface area contributed by atoms with E-state index in [9.17, 15) is 5.11 Å². The van der Waals surface area contributed by atoms with Crippen LogP contribution in [0.3, 0.4) is 0 Å². The van der Waals surface area contributed by atoms with Crippen molar-refractivity contribution in [2.45, 2.75) is 78.6 Å². The molecule has 0 aromatic heterocycles. The average molecular weight is 560 g/mol. The minimum atomic E-state index is -0.110. The first kappa shape index (κ1) is 29.1. The Labute approximate surface area is 213 Å². The molecule has 1 saturated heterocycles. The van der Waals surface area contributed by atoms with Crippen LogP contribution in [0.4, 0.5) is 0 Å². The Morgan fingerprint density at radius 3 is 2.34 bits per heavy atom. The molecule has 0 radical (unpaired) electrons. The van der Waals surface area contributed by atoms with Crippen molar-refractivity contribution in [3.63, 3.8) is 0 Å². The van der Waals surface area contributed by atoms with E-state index in [1.54, 1.807) is 0 Å². The van der Waals surface area contributed by atoms with Crippen LogP contribution < -0.4 is 10.6 Å². The summed E-state index contributed by atoms with van der Waals surface area (Å²) in [5.41, 5.74) is 2.56. The normalized spacial score (nSPS) is 16.6. The van der Waals surface area contributed by atoms with Crippen molar-refractivity contribution in [2.24, 2.45) is 4.99 Å². The van der Waals surface area contributed by atoms with Gasteiger partial charge in [-0.05, 0) is 70.3 Å². The van der Waals surface area contributed by atoms with Gasteiger partial charge < -0.3 is 20.6 Å². The van der Waals surface area contributed by atoms with E-state index in [4.69, 9.17) is 4.99 Å². The number of piperidine rings is 1. The van der Waals surface area contributed by atoms with E-state index in [0.717, 1.165) is 71.0 Å². The number of hydrogen-bond donors (Lipinski definition) is 3.